The molecular weight excluding hydrogens is 320 g/mol. The summed E-state index contributed by atoms with van der Waals surface area (Å²) in [6.07, 6.45) is 0.791. The van der Waals surface area contributed by atoms with Crippen LogP contribution in [-0.2, 0) is 4.79 Å². The van der Waals surface area contributed by atoms with Crippen molar-refractivity contribution in [2.45, 2.75) is 32.8 Å². The van der Waals surface area contributed by atoms with E-state index >= 15 is 0 Å². The predicted octanol–water partition coefficient (Wildman–Crippen LogP) is 2.95. The molecule has 6 heteroatoms. The topological polar surface area (TPSA) is 64.3 Å². The Balaban J connectivity index is 2.64. The second kappa shape index (κ2) is 6.97. The Kier molecular flexibility index (Phi) is 5.91. The second-order valence-corrected chi connectivity index (χ2v) is 5.39. The van der Waals surface area contributed by atoms with Gasteiger partial charge in [0.15, 0.2) is 0 Å². The number of carbonyl (C=O) groups is 1. The van der Waals surface area contributed by atoms with Gasteiger partial charge in [0, 0.05) is 10.9 Å². The summed E-state index contributed by atoms with van der Waals surface area (Å²) in [5, 5.41) is 0.553. The Morgan fingerprint density at radius 3 is 2.83 bits per heavy atom. The number of benzene rings is 1. The molecule has 0 fully saturated rings. The summed E-state index contributed by atoms with van der Waals surface area (Å²) in [5.74, 6) is 5.46. The Labute approximate surface area is 120 Å². The van der Waals surface area contributed by atoms with Crippen LogP contribution in [0, 0.1) is 6.92 Å². The third-order valence-electron chi connectivity index (χ3n) is 2.45. The van der Waals surface area contributed by atoms with Crippen LogP contribution in [0.5, 0.6) is 5.75 Å². The highest BCUT2D eigenvalue weighted by Crippen LogP contribution is 2.33. The summed E-state index contributed by atoms with van der Waals surface area (Å²) in [5.41, 5.74) is 3.04. The minimum absolute atomic E-state index is 0.111. The summed E-state index contributed by atoms with van der Waals surface area (Å²) in [6.45, 7) is 3.81. The smallest absolute Gasteiger partial charge is 0.234 e. The molecule has 0 saturated heterocycles. The van der Waals surface area contributed by atoms with Crippen LogP contribution in [0.1, 0.15) is 25.3 Å². The predicted molar refractivity (Wildman–Crippen MR) is 75.5 cm³/mol. The third kappa shape index (κ3) is 4.48. The summed E-state index contributed by atoms with van der Waals surface area (Å²) in [4.78, 5) is 11.0. The first-order valence-corrected chi connectivity index (χ1v) is 6.73. The maximum atomic E-state index is 11.0. The highest BCUT2D eigenvalue weighted by Gasteiger charge is 2.12. The lowest BCUT2D eigenvalue weighted by molar-refractivity contribution is -0.121. The maximum Gasteiger partial charge on any atom is 0.234 e. The van der Waals surface area contributed by atoms with Crippen molar-refractivity contribution in [2.24, 2.45) is 5.84 Å². The molecular formula is C12H16BrClN2O2. The molecule has 3 N–H and O–H groups in total. The molecule has 0 heterocycles. The van der Waals surface area contributed by atoms with E-state index in [2.05, 4.69) is 21.4 Å². The average molecular weight is 336 g/mol. The fraction of sp³-hybridized carbons (Fsp3) is 0.417. The van der Waals surface area contributed by atoms with E-state index in [1.54, 1.807) is 6.07 Å². The van der Waals surface area contributed by atoms with E-state index in [0.29, 0.717) is 23.6 Å². The summed E-state index contributed by atoms with van der Waals surface area (Å²) in [7, 11) is 0. The molecule has 0 aromatic heterocycles. The van der Waals surface area contributed by atoms with Gasteiger partial charge in [-0.15, -0.1) is 0 Å². The molecule has 0 bridgehead atoms. The van der Waals surface area contributed by atoms with Crippen LogP contribution in [0.15, 0.2) is 16.6 Å². The lowest BCUT2D eigenvalue weighted by Crippen LogP contribution is -2.30. The highest BCUT2D eigenvalue weighted by atomic mass is 79.9. The van der Waals surface area contributed by atoms with Gasteiger partial charge in [-0.3, -0.25) is 10.2 Å². The molecule has 1 amide bonds. The maximum absolute atomic E-state index is 11.0. The summed E-state index contributed by atoms with van der Waals surface area (Å²) >= 11 is 9.48. The van der Waals surface area contributed by atoms with Crippen LogP contribution >= 0.6 is 27.5 Å². The quantitative estimate of drug-likeness (QED) is 0.494. The Bertz CT molecular complexity index is 417. The molecule has 1 rings (SSSR count). The molecule has 0 radical (unpaired) electrons. The fourth-order valence-electron chi connectivity index (χ4n) is 1.50. The van der Waals surface area contributed by atoms with Crippen molar-refractivity contribution in [3.63, 3.8) is 0 Å². The molecule has 0 spiro atoms. The average Bonchev–Trinajstić information content (AvgIpc) is 2.30. The Morgan fingerprint density at radius 1 is 1.61 bits per heavy atom. The van der Waals surface area contributed by atoms with Crippen LogP contribution in [0.4, 0.5) is 0 Å². The molecule has 1 unspecified atom stereocenters. The van der Waals surface area contributed by atoms with Gasteiger partial charge in [0.1, 0.15) is 5.75 Å². The van der Waals surface area contributed by atoms with Gasteiger partial charge in [-0.05, 0) is 38.0 Å². The third-order valence-corrected chi connectivity index (χ3v) is 3.19. The number of hydrogen-bond acceptors (Lipinski definition) is 3. The minimum atomic E-state index is -0.205. The van der Waals surface area contributed by atoms with E-state index in [4.69, 9.17) is 22.2 Å². The number of rotatable bonds is 5. The summed E-state index contributed by atoms with van der Waals surface area (Å²) in [6, 6.07) is 3.71. The normalized spacial score (nSPS) is 12.1. The number of hydrogen-bond donors (Lipinski definition) is 2. The molecule has 1 atom stereocenters. The van der Waals surface area contributed by atoms with Crippen LogP contribution < -0.4 is 16.0 Å². The van der Waals surface area contributed by atoms with Crippen molar-refractivity contribution < 1.29 is 9.53 Å². The standard InChI is InChI=1S/C12H16BrClN2O2/c1-7-5-9(13)6-10(14)12(7)18-8(2)3-4-11(17)16-15/h5-6,8H,3-4,15H2,1-2H3,(H,16,17). The van der Waals surface area contributed by atoms with Gasteiger partial charge in [0.05, 0.1) is 11.1 Å². The van der Waals surface area contributed by atoms with Crippen LogP contribution in [0.2, 0.25) is 5.02 Å². The van der Waals surface area contributed by atoms with Gasteiger partial charge in [-0.25, -0.2) is 5.84 Å². The molecule has 0 aliphatic heterocycles. The SMILES string of the molecule is Cc1cc(Br)cc(Cl)c1OC(C)CCC(=O)NN. The van der Waals surface area contributed by atoms with Crippen molar-refractivity contribution in [1.29, 1.82) is 0 Å². The number of hydrazine groups is 1. The number of ether oxygens (including phenoxy) is 1. The first kappa shape index (κ1) is 15.3. The molecule has 18 heavy (non-hydrogen) atoms. The highest BCUT2D eigenvalue weighted by molar-refractivity contribution is 9.10. The van der Waals surface area contributed by atoms with Crippen molar-refractivity contribution in [3.05, 3.63) is 27.2 Å². The Morgan fingerprint density at radius 2 is 2.28 bits per heavy atom. The van der Waals surface area contributed by atoms with E-state index < -0.39 is 0 Å². The summed E-state index contributed by atoms with van der Waals surface area (Å²) < 4.78 is 6.66. The number of aryl methyl sites for hydroxylation is 1. The van der Waals surface area contributed by atoms with Crippen molar-refractivity contribution in [2.75, 3.05) is 0 Å². The number of nitrogens with two attached hydrogens (primary N) is 1. The zero-order valence-corrected chi connectivity index (χ0v) is 12.6. The van der Waals surface area contributed by atoms with E-state index in [1.807, 2.05) is 19.9 Å². The zero-order valence-electron chi connectivity index (χ0n) is 10.3. The van der Waals surface area contributed by atoms with E-state index in [0.717, 1.165) is 10.0 Å². The number of carbonyl (C=O) groups excluding carboxylic acids is 1. The zero-order chi connectivity index (χ0) is 13.7. The molecule has 4 nitrogen and oxygen atoms in total. The molecule has 100 valence electrons. The first-order valence-electron chi connectivity index (χ1n) is 5.55. The molecule has 0 saturated carbocycles. The van der Waals surface area contributed by atoms with E-state index in [1.165, 1.54) is 0 Å². The van der Waals surface area contributed by atoms with Gasteiger partial charge in [-0.2, -0.15) is 0 Å². The van der Waals surface area contributed by atoms with Crippen LogP contribution in [0.3, 0.4) is 0 Å². The Hall–Kier alpha value is -0.780. The monoisotopic (exact) mass is 334 g/mol. The number of nitrogens with one attached hydrogen (secondary N) is 1. The van der Waals surface area contributed by atoms with Crippen LogP contribution in [-0.4, -0.2) is 12.0 Å². The first-order chi connectivity index (χ1) is 8.43. The lowest BCUT2D eigenvalue weighted by Gasteiger charge is -2.17. The van der Waals surface area contributed by atoms with Gasteiger partial charge in [0.2, 0.25) is 5.91 Å². The largest absolute Gasteiger partial charge is 0.489 e. The van der Waals surface area contributed by atoms with Gasteiger partial charge in [-0.1, -0.05) is 27.5 Å². The van der Waals surface area contributed by atoms with E-state index in [-0.39, 0.29) is 12.0 Å². The molecule has 0 aliphatic carbocycles. The van der Waals surface area contributed by atoms with Crippen LogP contribution in [0.25, 0.3) is 0 Å². The minimum Gasteiger partial charge on any atom is -0.489 e. The fourth-order valence-corrected chi connectivity index (χ4v) is 2.52. The molecule has 1 aromatic carbocycles. The lowest BCUT2D eigenvalue weighted by atomic mass is 10.2. The second-order valence-electron chi connectivity index (χ2n) is 4.07. The van der Waals surface area contributed by atoms with Crippen molar-refractivity contribution in [1.82, 2.24) is 5.43 Å². The van der Waals surface area contributed by atoms with E-state index in [9.17, 15) is 4.79 Å². The van der Waals surface area contributed by atoms with Gasteiger partial charge >= 0.3 is 0 Å². The van der Waals surface area contributed by atoms with Gasteiger partial charge < -0.3 is 4.74 Å². The molecule has 1 aromatic rings. The van der Waals surface area contributed by atoms with Gasteiger partial charge in [0.25, 0.3) is 0 Å². The van der Waals surface area contributed by atoms with Crippen molar-refractivity contribution >= 4 is 33.4 Å². The number of amides is 1. The molecule has 0 aliphatic rings. The number of halogens is 2. The van der Waals surface area contributed by atoms with Crippen molar-refractivity contribution in [3.8, 4) is 5.75 Å².